The van der Waals surface area contributed by atoms with Crippen molar-refractivity contribution >= 4 is 39.9 Å². The molecule has 0 radical (unpaired) electrons. The Kier molecular flexibility index (Phi) is 8.44. The molecule has 202 valence electrons. The van der Waals surface area contributed by atoms with Crippen LogP contribution in [-0.4, -0.2) is 47.9 Å². The van der Waals surface area contributed by atoms with Crippen LogP contribution in [-0.2, 0) is 0 Å². The standard InChI is InChI=1S/C33H31FN4O2/c1-23-21-31(35-26-13-11-24(34)12-14-26)28-9-5-6-10-29(28)33(23)37-30-16-15-27(38(17-19-39)18-20-40)22-32(30)36-25-7-3-2-4-8-25/h2-16,21-22,36,39-40H,17-20H2,1H3. The summed E-state index contributed by atoms with van der Waals surface area (Å²) >= 11 is 0. The number of anilines is 3. The Hall–Kier alpha value is -4.59. The number of rotatable bonds is 9. The van der Waals surface area contributed by atoms with Gasteiger partial charge in [0.05, 0.1) is 41.7 Å². The lowest BCUT2D eigenvalue weighted by Crippen LogP contribution is -2.29. The molecule has 6 nitrogen and oxygen atoms in total. The van der Waals surface area contributed by atoms with Gasteiger partial charge in [-0.25, -0.2) is 14.4 Å². The second-order valence-corrected chi connectivity index (χ2v) is 9.43. The van der Waals surface area contributed by atoms with Gasteiger partial charge in [-0.05, 0) is 73.2 Å². The molecule has 0 unspecified atom stereocenters. The number of aliphatic imine (C=N–C) groups is 2. The molecule has 4 aromatic carbocycles. The summed E-state index contributed by atoms with van der Waals surface area (Å²) in [5.41, 5.74) is 8.50. The molecule has 5 rings (SSSR count). The average molecular weight is 535 g/mol. The number of hydrogen-bond acceptors (Lipinski definition) is 6. The summed E-state index contributed by atoms with van der Waals surface area (Å²) in [7, 11) is 0. The number of hydrogen-bond donors (Lipinski definition) is 3. The minimum Gasteiger partial charge on any atom is -0.395 e. The normalized spacial score (nSPS) is 14.7. The quantitative estimate of drug-likeness (QED) is 0.227. The van der Waals surface area contributed by atoms with Gasteiger partial charge in [-0.15, -0.1) is 0 Å². The Morgan fingerprint density at radius 3 is 2.15 bits per heavy atom. The maximum Gasteiger partial charge on any atom is 0.123 e. The molecule has 0 bridgehead atoms. The predicted molar refractivity (Wildman–Crippen MR) is 162 cm³/mol. The molecule has 0 aromatic heterocycles. The molecule has 0 saturated carbocycles. The van der Waals surface area contributed by atoms with Crippen LogP contribution in [0, 0.1) is 5.82 Å². The summed E-state index contributed by atoms with van der Waals surface area (Å²) in [5, 5.41) is 22.6. The molecule has 4 aromatic rings. The van der Waals surface area contributed by atoms with Crippen LogP contribution >= 0.6 is 0 Å². The summed E-state index contributed by atoms with van der Waals surface area (Å²) in [6.45, 7) is 2.79. The molecular weight excluding hydrogens is 503 g/mol. The van der Waals surface area contributed by atoms with E-state index in [0.29, 0.717) is 18.8 Å². The molecule has 0 saturated heterocycles. The fourth-order valence-electron chi connectivity index (χ4n) is 4.70. The topological polar surface area (TPSA) is 80.5 Å². The Bertz CT molecular complexity index is 1560. The van der Waals surface area contributed by atoms with Crippen LogP contribution in [0.15, 0.2) is 119 Å². The first kappa shape index (κ1) is 27.0. The fourth-order valence-corrected chi connectivity index (χ4v) is 4.70. The van der Waals surface area contributed by atoms with E-state index < -0.39 is 0 Å². The zero-order valence-corrected chi connectivity index (χ0v) is 22.3. The lowest BCUT2D eigenvalue weighted by atomic mass is 9.89. The van der Waals surface area contributed by atoms with E-state index in [9.17, 15) is 14.6 Å². The van der Waals surface area contributed by atoms with Crippen LogP contribution in [0.5, 0.6) is 0 Å². The molecule has 0 atom stereocenters. The van der Waals surface area contributed by atoms with Gasteiger partial charge >= 0.3 is 0 Å². The minimum atomic E-state index is -0.295. The highest BCUT2D eigenvalue weighted by molar-refractivity contribution is 6.28. The molecule has 0 heterocycles. The maximum atomic E-state index is 13.4. The Morgan fingerprint density at radius 2 is 1.45 bits per heavy atom. The monoisotopic (exact) mass is 534 g/mol. The van der Waals surface area contributed by atoms with Crippen LogP contribution in [0.4, 0.5) is 32.8 Å². The Balaban J connectivity index is 1.59. The third-order valence-corrected chi connectivity index (χ3v) is 6.63. The zero-order valence-electron chi connectivity index (χ0n) is 22.3. The molecular formula is C33H31FN4O2. The van der Waals surface area contributed by atoms with Gasteiger partial charge in [-0.2, -0.15) is 0 Å². The number of aliphatic hydroxyl groups excluding tert-OH is 2. The van der Waals surface area contributed by atoms with Gasteiger partial charge in [0.2, 0.25) is 0 Å². The summed E-state index contributed by atoms with van der Waals surface area (Å²) in [6, 6.07) is 29.9. The SMILES string of the molecule is CC1=CC(=Nc2ccc(F)cc2)c2ccccc2C1=Nc1ccc(N(CCO)CCO)cc1Nc1ccccc1. The van der Waals surface area contributed by atoms with E-state index in [2.05, 4.69) is 5.32 Å². The fraction of sp³-hybridized carbons (Fsp3) is 0.152. The van der Waals surface area contributed by atoms with Crippen molar-refractivity contribution in [1.29, 1.82) is 0 Å². The van der Waals surface area contributed by atoms with Crippen molar-refractivity contribution in [1.82, 2.24) is 0 Å². The van der Waals surface area contributed by atoms with Crippen molar-refractivity contribution in [3.63, 3.8) is 0 Å². The van der Waals surface area contributed by atoms with Crippen molar-refractivity contribution in [3.8, 4) is 0 Å². The number of benzene rings is 4. The number of nitrogens with zero attached hydrogens (tertiary/aromatic N) is 3. The van der Waals surface area contributed by atoms with E-state index in [4.69, 9.17) is 9.98 Å². The van der Waals surface area contributed by atoms with Crippen molar-refractivity contribution in [2.24, 2.45) is 9.98 Å². The van der Waals surface area contributed by atoms with E-state index in [-0.39, 0.29) is 19.0 Å². The third kappa shape index (κ3) is 6.17. The number of para-hydroxylation sites is 1. The number of aliphatic hydroxyl groups is 2. The van der Waals surface area contributed by atoms with E-state index in [1.807, 2.05) is 90.7 Å². The van der Waals surface area contributed by atoms with Crippen LogP contribution in [0.1, 0.15) is 18.1 Å². The highest BCUT2D eigenvalue weighted by Gasteiger charge is 2.21. The molecule has 0 aliphatic heterocycles. The van der Waals surface area contributed by atoms with Gasteiger partial charge in [0.1, 0.15) is 5.82 Å². The average Bonchev–Trinajstić information content (AvgIpc) is 2.97. The molecule has 3 N–H and O–H groups in total. The summed E-state index contributed by atoms with van der Waals surface area (Å²) in [5.74, 6) is -0.295. The van der Waals surface area contributed by atoms with Gasteiger partial charge in [0.15, 0.2) is 0 Å². The molecule has 1 aliphatic rings. The third-order valence-electron chi connectivity index (χ3n) is 6.63. The smallest absolute Gasteiger partial charge is 0.123 e. The first-order valence-electron chi connectivity index (χ1n) is 13.2. The second kappa shape index (κ2) is 12.5. The van der Waals surface area contributed by atoms with Gasteiger partial charge in [-0.3, -0.25) is 0 Å². The predicted octanol–water partition coefficient (Wildman–Crippen LogP) is 6.56. The number of halogens is 1. The second-order valence-electron chi connectivity index (χ2n) is 9.43. The van der Waals surface area contributed by atoms with Crippen LogP contribution < -0.4 is 10.2 Å². The van der Waals surface area contributed by atoms with Gasteiger partial charge in [0.25, 0.3) is 0 Å². The lowest BCUT2D eigenvalue weighted by Gasteiger charge is -2.24. The van der Waals surface area contributed by atoms with Gasteiger partial charge in [-0.1, -0.05) is 42.5 Å². The van der Waals surface area contributed by atoms with Crippen LogP contribution in [0.3, 0.4) is 0 Å². The lowest BCUT2D eigenvalue weighted by molar-refractivity contribution is 0.281. The Labute approximate surface area is 233 Å². The largest absolute Gasteiger partial charge is 0.395 e. The first-order chi connectivity index (χ1) is 19.6. The minimum absolute atomic E-state index is 0.0198. The zero-order chi connectivity index (χ0) is 27.9. The van der Waals surface area contributed by atoms with Crippen molar-refractivity contribution in [3.05, 3.63) is 126 Å². The number of fused-ring (bicyclic) bond motifs is 1. The number of nitrogens with one attached hydrogen (secondary N) is 1. The maximum absolute atomic E-state index is 13.4. The van der Waals surface area contributed by atoms with E-state index in [1.54, 1.807) is 12.1 Å². The highest BCUT2D eigenvalue weighted by Crippen LogP contribution is 2.35. The number of allylic oxidation sites excluding steroid dienone is 2. The van der Waals surface area contributed by atoms with E-state index in [1.165, 1.54) is 12.1 Å². The molecule has 0 fully saturated rings. The van der Waals surface area contributed by atoms with Gasteiger partial charge < -0.3 is 20.4 Å². The highest BCUT2D eigenvalue weighted by atomic mass is 19.1. The molecule has 7 heteroatoms. The summed E-state index contributed by atoms with van der Waals surface area (Å²) in [4.78, 5) is 11.9. The van der Waals surface area contributed by atoms with Crippen LogP contribution in [0.25, 0.3) is 0 Å². The van der Waals surface area contributed by atoms with Crippen molar-refractivity contribution < 1.29 is 14.6 Å². The molecule has 1 aliphatic carbocycles. The van der Waals surface area contributed by atoms with E-state index in [0.717, 1.165) is 50.9 Å². The van der Waals surface area contributed by atoms with E-state index >= 15 is 0 Å². The molecule has 40 heavy (non-hydrogen) atoms. The van der Waals surface area contributed by atoms with Gasteiger partial charge in [0, 0.05) is 35.6 Å². The summed E-state index contributed by atoms with van der Waals surface area (Å²) in [6.07, 6.45) is 2.01. The molecule has 0 amide bonds. The molecule has 0 spiro atoms. The van der Waals surface area contributed by atoms with Crippen molar-refractivity contribution in [2.45, 2.75) is 6.92 Å². The van der Waals surface area contributed by atoms with Crippen molar-refractivity contribution in [2.75, 3.05) is 36.5 Å². The van der Waals surface area contributed by atoms with Crippen LogP contribution in [0.2, 0.25) is 0 Å². The Morgan fingerprint density at radius 1 is 0.775 bits per heavy atom. The summed E-state index contributed by atoms with van der Waals surface area (Å²) < 4.78 is 13.4. The first-order valence-corrected chi connectivity index (χ1v) is 13.2.